The Labute approximate surface area is 193 Å². The highest BCUT2D eigenvalue weighted by Crippen LogP contribution is 2.37. The van der Waals surface area contributed by atoms with Crippen LogP contribution in [0.3, 0.4) is 0 Å². The minimum absolute atomic E-state index is 0.133. The first-order chi connectivity index (χ1) is 15.5. The number of carbonyl (C=O) groups is 1. The molecule has 0 fully saturated rings. The van der Waals surface area contributed by atoms with Crippen molar-refractivity contribution in [2.45, 2.75) is 6.42 Å². The quantitative estimate of drug-likeness (QED) is 0.318. The smallest absolute Gasteiger partial charge is 0.363 e. The van der Waals surface area contributed by atoms with Gasteiger partial charge in [-0.15, -0.1) is 0 Å². The van der Waals surface area contributed by atoms with Gasteiger partial charge in [0, 0.05) is 12.0 Å². The van der Waals surface area contributed by atoms with Gasteiger partial charge in [-0.05, 0) is 69.5 Å². The number of cyclic esters (lactones) is 1. The monoisotopic (exact) mass is 495 g/mol. The number of hydrogen-bond donors (Lipinski definition) is 0. The number of rotatable bonds is 7. The Morgan fingerprint density at radius 2 is 1.84 bits per heavy atom. The van der Waals surface area contributed by atoms with Gasteiger partial charge in [0.05, 0.1) is 18.2 Å². The van der Waals surface area contributed by atoms with Crippen molar-refractivity contribution in [2.75, 3.05) is 13.7 Å². The summed E-state index contributed by atoms with van der Waals surface area (Å²) in [6, 6.07) is 19.2. The highest BCUT2D eigenvalue weighted by atomic mass is 79.9. The van der Waals surface area contributed by atoms with Crippen LogP contribution in [-0.2, 0) is 16.0 Å². The molecule has 0 amide bonds. The van der Waals surface area contributed by atoms with Gasteiger partial charge in [-0.25, -0.2) is 14.2 Å². The van der Waals surface area contributed by atoms with Crippen LogP contribution >= 0.6 is 15.9 Å². The molecule has 3 aromatic rings. The van der Waals surface area contributed by atoms with E-state index in [2.05, 4.69) is 20.9 Å². The topological polar surface area (TPSA) is 57.1 Å². The zero-order chi connectivity index (χ0) is 22.5. The van der Waals surface area contributed by atoms with E-state index in [0.717, 1.165) is 6.42 Å². The first-order valence-corrected chi connectivity index (χ1v) is 10.7. The predicted octanol–water partition coefficient (Wildman–Crippen LogP) is 5.56. The molecular formula is C25H19BrFNO4. The van der Waals surface area contributed by atoms with Crippen molar-refractivity contribution in [1.29, 1.82) is 0 Å². The highest BCUT2D eigenvalue weighted by Gasteiger charge is 2.24. The van der Waals surface area contributed by atoms with Crippen LogP contribution < -0.4 is 9.47 Å². The van der Waals surface area contributed by atoms with Crippen LogP contribution in [0.15, 0.2) is 81.9 Å². The minimum atomic E-state index is -0.581. The molecule has 4 rings (SSSR count). The number of ether oxygens (including phenoxy) is 3. The summed E-state index contributed by atoms with van der Waals surface area (Å²) < 4.78 is 30.5. The zero-order valence-electron chi connectivity index (χ0n) is 17.2. The first-order valence-electron chi connectivity index (χ1n) is 9.86. The lowest BCUT2D eigenvalue weighted by Crippen LogP contribution is -2.05. The average Bonchev–Trinajstić information content (AvgIpc) is 3.16. The van der Waals surface area contributed by atoms with E-state index in [-0.39, 0.29) is 17.4 Å². The summed E-state index contributed by atoms with van der Waals surface area (Å²) in [5, 5.41) is 0. The lowest BCUT2D eigenvalue weighted by atomic mass is 10.1. The molecule has 0 atom stereocenters. The Hall–Kier alpha value is -3.45. The van der Waals surface area contributed by atoms with Crippen molar-refractivity contribution in [1.82, 2.24) is 0 Å². The molecule has 0 aromatic heterocycles. The van der Waals surface area contributed by atoms with Gasteiger partial charge in [-0.2, -0.15) is 0 Å². The van der Waals surface area contributed by atoms with Crippen LogP contribution in [0, 0.1) is 5.82 Å². The molecule has 1 aliphatic heterocycles. The Morgan fingerprint density at radius 3 is 2.56 bits per heavy atom. The van der Waals surface area contributed by atoms with Crippen LogP contribution in [0.2, 0.25) is 0 Å². The normalized spacial score (nSPS) is 14.3. The molecule has 1 aliphatic rings. The van der Waals surface area contributed by atoms with E-state index in [0.29, 0.717) is 33.7 Å². The van der Waals surface area contributed by atoms with Gasteiger partial charge in [0.15, 0.2) is 17.2 Å². The molecule has 0 N–H and O–H groups in total. The second-order valence-corrected chi connectivity index (χ2v) is 7.82. The van der Waals surface area contributed by atoms with Crippen molar-refractivity contribution in [3.63, 3.8) is 0 Å². The zero-order valence-corrected chi connectivity index (χ0v) is 18.8. The number of esters is 1. The largest absolute Gasteiger partial charge is 0.493 e. The van der Waals surface area contributed by atoms with Crippen LogP contribution in [0.5, 0.6) is 11.5 Å². The minimum Gasteiger partial charge on any atom is -0.493 e. The van der Waals surface area contributed by atoms with Crippen molar-refractivity contribution < 1.29 is 23.4 Å². The number of benzene rings is 3. The van der Waals surface area contributed by atoms with Crippen LogP contribution in [0.4, 0.5) is 4.39 Å². The molecule has 1 heterocycles. The fourth-order valence-corrected chi connectivity index (χ4v) is 3.74. The fraction of sp³-hybridized carbons (Fsp3) is 0.120. The summed E-state index contributed by atoms with van der Waals surface area (Å²) in [7, 11) is 1.55. The summed E-state index contributed by atoms with van der Waals surface area (Å²) in [5.74, 6) is 0.275. The van der Waals surface area contributed by atoms with Gasteiger partial charge in [0.2, 0.25) is 5.90 Å². The third-order valence-electron chi connectivity index (χ3n) is 4.75. The predicted molar refractivity (Wildman–Crippen MR) is 123 cm³/mol. The van der Waals surface area contributed by atoms with Gasteiger partial charge < -0.3 is 14.2 Å². The summed E-state index contributed by atoms with van der Waals surface area (Å²) in [6.45, 7) is 0.483. The number of nitrogens with zero attached hydrogens (tertiary/aromatic N) is 1. The van der Waals surface area contributed by atoms with E-state index in [1.807, 2.05) is 36.4 Å². The summed E-state index contributed by atoms with van der Waals surface area (Å²) in [6.07, 6.45) is 2.36. The molecule has 7 heteroatoms. The second kappa shape index (κ2) is 9.78. The van der Waals surface area contributed by atoms with Gasteiger partial charge in [-0.1, -0.05) is 30.3 Å². The van der Waals surface area contributed by atoms with E-state index in [1.165, 1.54) is 29.8 Å². The Balaban J connectivity index is 1.53. The second-order valence-electron chi connectivity index (χ2n) is 6.96. The van der Waals surface area contributed by atoms with E-state index in [4.69, 9.17) is 14.2 Å². The number of halogens is 2. The Kier molecular flexibility index (Phi) is 6.66. The number of carbonyl (C=O) groups excluding carboxylic acids is 1. The summed E-state index contributed by atoms with van der Waals surface area (Å²) in [4.78, 5) is 16.5. The van der Waals surface area contributed by atoms with Gasteiger partial charge in [-0.3, -0.25) is 0 Å². The van der Waals surface area contributed by atoms with Gasteiger partial charge in [0.1, 0.15) is 5.82 Å². The molecule has 0 spiro atoms. The number of hydrogen-bond acceptors (Lipinski definition) is 5. The van der Waals surface area contributed by atoms with Crippen LogP contribution in [-0.4, -0.2) is 25.6 Å². The SMILES string of the molecule is COc1cc(/C=C2\N=C(c3ccc(F)cc3)OC2=O)cc(Br)c1OCCc1ccccc1. The van der Waals surface area contributed by atoms with Crippen LogP contribution in [0.1, 0.15) is 16.7 Å². The molecule has 3 aromatic carbocycles. The number of aliphatic imine (C=N–C) groups is 1. The molecule has 32 heavy (non-hydrogen) atoms. The number of methoxy groups -OCH3 is 1. The Morgan fingerprint density at radius 1 is 1.09 bits per heavy atom. The maximum atomic E-state index is 13.1. The molecule has 162 valence electrons. The van der Waals surface area contributed by atoms with Crippen LogP contribution in [0.25, 0.3) is 6.08 Å². The molecule has 0 saturated carbocycles. The average molecular weight is 496 g/mol. The molecule has 5 nitrogen and oxygen atoms in total. The first kappa shape index (κ1) is 21.8. The van der Waals surface area contributed by atoms with E-state index >= 15 is 0 Å². The van der Waals surface area contributed by atoms with Crippen molar-refractivity contribution in [3.8, 4) is 11.5 Å². The lowest BCUT2D eigenvalue weighted by Gasteiger charge is -2.13. The standard InChI is InChI=1S/C25H19BrFNO4/c1-30-22-15-17(13-20(26)23(22)31-12-11-16-5-3-2-4-6-16)14-21-25(29)32-24(28-21)18-7-9-19(27)10-8-18/h2-10,13-15H,11-12H2,1H3/b21-14-. The summed E-state index contributed by atoms with van der Waals surface area (Å²) in [5.41, 5.74) is 2.51. The third-order valence-corrected chi connectivity index (χ3v) is 5.34. The molecule has 0 aliphatic carbocycles. The van der Waals surface area contributed by atoms with Crippen molar-refractivity contribution in [3.05, 3.63) is 99.4 Å². The summed E-state index contributed by atoms with van der Waals surface area (Å²) >= 11 is 3.52. The molecule has 0 bridgehead atoms. The maximum absolute atomic E-state index is 13.1. The highest BCUT2D eigenvalue weighted by molar-refractivity contribution is 9.10. The molecule has 0 saturated heterocycles. The molecular weight excluding hydrogens is 477 g/mol. The van der Waals surface area contributed by atoms with Gasteiger partial charge in [0.25, 0.3) is 0 Å². The van der Waals surface area contributed by atoms with E-state index in [1.54, 1.807) is 19.3 Å². The Bertz CT molecular complexity index is 1190. The lowest BCUT2D eigenvalue weighted by molar-refractivity contribution is -0.129. The van der Waals surface area contributed by atoms with Crippen molar-refractivity contribution >= 4 is 33.9 Å². The van der Waals surface area contributed by atoms with E-state index < -0.39 is 5.97 Å². The van der Waals surface area contributed by atoms with Gasteiger partial charge >= 0.3 is 5.97 Å². The maximum Gasteiger partial charge on any atom is 0.363 e. The molecule has 0 unspecified atom stereocenters. The molecule has 0 radical (unpaired) electrons. The third kappa shape index (κ3) is 5.06. The van der Waals surface area contributed by atoms with Crippen molar-refractivity contribution in [2.24, 2.45) is 4.99 Å². The van der Waals surface area contributed by atoms with E-state index in [9.17, 15) is 9.18 Å². The fourth-order valence-electron chi connectivity index (χ4n) is 3.16.